The third-order valence-corrected chi connectivity index (χ3v) is 3.11. The van der Waals surface area contributed by atoms with Crippen LogP contribution in [0.4, 0.5) is 0 Å². The Balaban J connectivity index is 2.85. The summed E-state index contributed by atoms with van der Waals surface area (Å²) in [5, 5.41) is 3.51. The minimum atomic E-state index is 0.443. The molecule has 102 valence electrons. The molecule has 0 aliphatic heterocycles. The van der Waals surface area contributed by atoms with E-state index in [-0.39, 0.29) is 0 Å². The fourth-order valence-electron chi connectivity index (χ4n) is 1.97. The van der Waals surface area contributed by atoms with Crippen molar-refractivity contribution < 1.29 is 4.74 Å². The number of rotatable bonds is 7. The Morgan fingerprint density at radius 1 is 1.28 bits per heavy atom. The predicted molar refractivity (Wildman–Crippen MR) is 73.9 cm³/mol. The lowest BCUT2D eigenvalue weighted by Gasteiger charge is -2.22. The standard InChI is InChI=1S/C14H25N3O/c1-6-15-12(10(3)4)8-13-11(5)14(18-7-2)17-9-16-13/h9-10,12,15H,6-8H2,1-5H3. The van der Waals surface area contributed by atoms with E-state index in [0.717, 1.165) is 24.2 Å². The molecule has 0 bridgehead atoms. The molecule has 1 rings (SSSR count). The van der Waals surface area contributed by atoms with Crippen LogP contribution in [-0.2, 0) is 6.42 Å². The molecule has 1 aromatic heterocycles. The van der Waals surface area contributed by atoms with Gasteiger partial charge in [-0.2, -0.15) is 0 Å². The van der Waals surface area contributed by atoms with E-state index in [9.17, 15) is 0 Å². The molecule has 0 amide bonds. The summed E-state index contributed by atoms with van der Waals surface area (Å²) in [6.07, 6.45) is 2.51. The molecule has 0 aromatic carbocycles. The van der Waals surface area contributed by atoms with Crippen LogP contribution >= 0.6 is 0 Å². The second-order valence-corrected chi connectivity index (χ2v) is 4.80. The quantitative estimate of drug-likeness (QED) is 0.808. The van der Waals surface area contributed by atoms with Gasteiger partial charge in [-0.1, -0.05) is 20.8 Å². The molecule has 1 N–H and O–H groups in total. The number of aromatic nitrogens is 2. The van der Waals surface area contributed by atoms with Crippen LogP contribution in [0.15, 0.2) is 6.33 Å². The second-order valence-electron chi connectivity index (χ2n) is 4.80. The molecule has 0 fully saturated rings. The number of hydrogen-bond donors (Lipinski definition) is 1. The van der Waals surface area contributed by atoms with Crippen molar-refractivity contribution in [2.45, 2.75) is 47.1 Å². The molecular weight excluding hydrogens is 226 g/mol. The lowest BCUT2D eigenvalue weighted by molar-refractivity contribution is 0.321. The smallest absolute Gasteiger partial charge is 0.219 e. The summed E-state index contributed by atoms with van der Waals surface area (Å²) in [6.45, 7) is 12.2. The third-order valence-electron chi connectivity index (χ3n) is 3.11. The Morgan fingerprint density at radius 2 is 2.00 bits per heavy atom. The number of likely N-dealkylation sites (N-methyl/N-ethyl adjacent to an activating group) is 1. The van der Waals surface area contributed by atoms with E-state index in [1.165, 1.54) is 0 Å². The van der Waals surface area contributed by atoms with Gasteiger partial charge in [0.2, 0.25) is 5.88 Å². The molecule has 1 unspecified atom stereocenters. The monoisotopic (exact) mass is 251 g/mol. The molecule has 1 heterocycles. The zero-order valence-electron chi connectivity index (χ0n) is 12.2. The first kappa shape index (κ1) is 14.9. The largest absolute Gasteiger partial charge is 0.478 e. The zero-order valence-corrected chi connectivity index (χ0v) is 12.2. The van der Waals surface area contributed by atoms with Crippen molar-refractivity contribution in [1.82, 2.24) is 15.3 Å². The number of nitrogens with one attached hydrogen (secondary N) is 1. The van der Waals surface area contributed by atoms with Crippen molar-refractivity contribution in [1.29, 1.82) is 0 Å². The van der Waals surface area contributed by atoms with E-state index in [1.807, 2.05) is 13.8 Å². The first-order valence-corrected chi connectivity index (χ1v) is 6.76. The molecule has 0 aliphatic rings. The average molecular weight is 251 g/mol. The van der Waals surface area contributed by atoms with Crippen molar-refractivity contribution >= 4 is 0 Å². The molecule has 0 radical (unpaired) electrons. The Bertz CT molecular complexity index is 366. The van der Waals surface area contributed by atoms with Crippen LogP contribution in [0.3, 0.4) is 0 Å². The summed E-state index contributed by atoms with van der Waals surface area (Å²) in [4.78, 5) is 8.57. The highest BCUT2D eigenvalue weighted by Gasteiger charge is 2.16. The lowest BCUT2D eigenvalue weighted by Crippen LogP contribution is -2.36. The molecule has 0 saturated heterocycles. The third kappa shape index (κ3) is 3.95. The Kier molecular flexibility index (Phi) is 6.05. The van der Waals surface area contributed by atoms with Crippen LogP contribution in [0.25, 0.3) is 0 Å². The van der Waals surface area contributed by atoms with Gasteiger partial charge in [0, 0.05) is 18.0 Å². The maximum absolute atomic E-state index is 5.51. The van der Waals surface area contributed by atoms with Gasteiger partial charge in [0.25, 0.3) is 0 Å². The average Bonchev–Trinajstić information content (AvgIpc) is 2.33. The summed E-state index contributed by atoms with van der Waals surface area (Å²) in [5.74, 6) is 1.29. The summed E-state index contributed by atoms with van der Waals surface area (Å²) in [6, 6.07) is 0.443. The Morgan fingerprint density at radius 3 is 2.56 bits per heavy atom. The molecule has 18 heavy (non-hydrogen) atoms. The minimum absolute atomic E-state index is 0.443. The van der Waals surface area contributed by atoms with Gasteiger partial charge in [0.15, 0.2) is 0 Å². The zero-order chi connectivity index (χ0) is 13.5. The minimum Gasteiger partial charge on any atom is -0.478 e. The Hall–Kier alpha value is -1.16. The first-order chi connectivity index (χ1) is 8.60. The van der Waals surface area contributed by atoms with Gasteiger partial charge in [-0.05, 0) is 26.3 Å². The van der Waals surface area contributed by atoms with Crippen LogP contribution in [0.2, 0.25) is 0 Å². The van der Waals surface area contributed by atoms with Crippen molar-refractivity contribution in [2.75, 3.05) is 13.2 Å². The van der Waals surface area contributed by atoms with Crippen molar-refractivity contribution in [2.24, 2.45) is 5.92 Å². The van der Waals surface area contributed by atoms with Crippen molar-refractivity contribution in [3.8, 4) is 5.88 Å². The molecule has 4 heteroatoms. The van der Waals surface area contributed by atoms with Crippen LogP contribution in [0.1, 0.15) is 39.0 Å². The first-order valence-electron chi connectivity index (χ1n) is 6.76. The van der Waals surface area contributed by atoms with Gasteiger partial charge in [0.1, 0.15) is 6.33 Å². The number of nitrogens with zero attached hydrogens (tertiary/aromatic N) is 2. The molecule has 1 aromatic rings. The van der Waals surface area contributed by atoms with Gasteiger partial charge >= 0.3 is 0 Å². The summed E-state index contributed by atoms with van der Waals surface area (Å²) >= 11 is 0. The summed E-state index contributed by atoms with van der Waals surface area (Å²) < 4.78 is 5.51. The van der Waals surface area contributed by atoms with E-state index in [4.69, 9.17) is 4.74 Å². The van der Waals surface area contributed by atoms with Crippen molar-refractivity contribution in [3.05, 3.63) is 17.6 Å². The molecule has 4 nitrogen and oxygen atoms in total. The fourth-order valence-corrected chi connectivity index (χ4v) is 1.97. The normalized spacial score (nSPS) is 12.8. The molecule has 0 spiro atoms. The number of ether oxygens (including phenoxy) is 1. The molecule has 0 saturated carbocycles. The van der Waals surface area contributed by atoms with E-state index in [0.29, 0.717) is 24.4 Å². The van der Waals surface area contributed by atoms with Gasteiger partial charge in [-0.25, -0.2) is 9.97 Å². The van der Waals surface area contributed by atoms with Crippen LogP contribution in [0, 0.1) is 12.8 Å². The molecule has 0 aliphatic carbocycles. The lowest BCUT2D eigenvalue weighted by atomic mass is 9.97. The maximum Gasteiger partial charge on any atom is 0.219 e. The highest BCUT2D eigenvalue weighted by molar-refractivity contribution is 5.28. The SMILES string of the molecule is CCNC(Cc1ncnc(OCC)c1C)C(C)C. The van der Waals surface area contributed by atoms with E-state index in [1.54, 1.807) is 6.33 Å². The van der Waals surface area contributed by atoms with E-state index in [2.05, 4.69) is 36.1 Å². The predicted octanol–water partition coefficient (Wildman–Crippen LogP) is 2.36. The van der Waals surface area contributed by atoms with Gasteiger partial charge in [-0.3, -0.25) is 0 Å². The number of hydrogen-bond acceptors (Lipinski definition) is 4. The topological polar surface area (TPSA) is 47.0 Å². The van der Waals surface area contributed by atoms with Gasteiger partial charge < -0.3 is 10.1 Å². The second kappa shape index (κ2) is 7.31. The van der Waals surface area contributed by atoms with Crippen LogP contribution in [-0.4, -0.2) is 29.2 Å². The van der Waals surface area contributed by atoms with Crippen LogP contribution < -0.4 is 10.1 Å². The van der Waals surface area contributed by atoms with Crippen LogP contribution in [0.5, 0.6) is 5.88 Å². The van der Waals surface area contributed by atoms with Gasteiger partial charge in [0.05, 0.1) is 12.3 Å². The summed E-state index contributed by atoms with van der Waals surface area (Å²) in [5.41, 5.74) is 2.14. The van der Waals surface area contributed by atoms with E-state index >= 15 is 0 Å². The maximum atomic E-state index is 5.51. The highest BCUT2D eigenvalue weighted by Crippen LogP contribution is 2.19. The van der Waals surface area contributed by atoms with Gasteiger partial charge in [-0.15, -0.1) is 0 Å². The van der Waals surface area contributed by atoms with Crippen molar-refractivity contribution in [3.63, 3.8) is 0 Å². The Labute approximate surface area is 110 Å². The summed E-state index contributed by atoms with van der Waals surface area (Å²) in [7, 11) is 0. The van der Waals surface area contributed by atoms with E-state index < -0.39 is 0 Å². The molecular formula is C14H25N3O. The molecule has 1 atom stereocenters. The fraction of sp³-hybridized carbons (Fsp3) is 0.714. The highest BCUT2D eigenvalue weighted by atomic mass is 16.5.